The number of hydrogen-bond donors (Lipinski definition) is 0. The number of anilines is 1. The third-order valence-electron chi connectivity index (χ3n) is 6.16. The average molecular weight is 315 g/mol. The molecule has 3 saturated heterocycles. The van der Waals surface area contributed by atoms with Gasteiger partial charge in [-0.2, -0.15) is 0 Å². The van der Waals surface area contributed by atoms with Gasteiger partial charge in [-0.05, 0) is 47.2 Å². The molecule has 0 bridgehead atoms. The van der Waals surface area contributed by atoms with E-state index in [1.807, 2.05) is 6.20 Å². The molecule has 0 aromatic carbocycles. The molecule has 0 saturated carbocycles. The molecule has 1 aromatic heterocycles. The first kappa shape index (κ1) is 15.4. The van der Waals surface area contributed by atoms with Gasteiger partial charge in [-0.3, -0.25) is 4.90 Å². The van der Waals surface area contributed by atoms with E-state index in [9.17, 15) is 0 Å². The van der Waals surface area contributed by atoms with Crippen molar-refractivity contribution >= 4 is 18.4 Å². The predicted molar refractivity (Wildman–Crippen MR) is 92.1 cm³/mol. The maximum atomic E-state index is 6.09. The van der Waals surface area contributed by atoms with Gasteiger partial charge in [0.15, 0.2) is 0 Å². The Morgan fingerprint density at radius 2 is 1.83 bits per heavy atom. The number of nitrogens with zero attached hydrogens (tertiary/aromatic N) is 3. The summed E-state index contributed by atoms with van der Waals surface area (Å²) in [4.78, 5) is 9.55. The highest BCUT2D eigenvalue weighted by Crippen LogP contribution is 2.37. The Kier molecular flexibility index (Phi) is 3.32. The second kappa shape index (κ2) is 4.95. The normalized spacial score (nSPS) is 32.0. The van der Waals surface area contributed by atoms with Crippen LogP contribution in [0, 0.1) is 0 Å². The van der Waals surface area contributed by atoms with Crippen LogP contribution in [-0.2, 0) is 9.31 Å². The molecule has 4 heterocycles. The number of rotatable bonds is 2. The van der Waals surface area contributed by atoms with Crippen molar-refractivity contribution < 1.29 is 9.31 Å². The lowest BCUT2D eigenvalue weighted by Crippen LogP contribution is -2.61. The zero-order chi connectivity index (χ0) is 16.4. The number of likely N-dealkylation sites (tertiary alicyclic amines) is 1. The van der Waals surface area contributed by atoms with E-state index in [1.54, 1.807) is 0 Å². The van der Waals surface area contributed by atoms with Crippen molar-refractivity contribution in [2.24, 2.45) is 0 Å². The Balaban J connectivity index is 1.48. The first-order chi connectivity index (χ1) is 10.8. The van der Waals surface area contributed by atoms with Gasteiger partial charge < -0.3 is 14.2 Å². The van der Waals surface area contributed by atoms with Crippen LogP contribution in [-0.4, -0.2) is 60.4 Å². The molecule has 0 amide bonds. The lowest BCUT2D eigenvalue weighted by Gasteiger charge is -2.47. The topological polar surface area (TPSA) is 37.8 Å². The smallest absolute Gasteiger partial charge is 0.399 e. The van der Waals surface area contributed by atoms with Crippen molar-refractivity contribution in [3.05, 3.63) is 18.3 Å². The molecule has 0 radical (unpaired) electrons. The highest BCUT2D eigenvalue weighted by molar-refractivity contribution is 6.62. The Bertz CT molecular complexity index is 588. The quantitative estimate of drug-likeness (QED) is 0.769. The van der Waals surface area contributed by atoms with E-state index in [1.165, 1.54) is 13.0 Å². The van der Waals surface area contributed by atoms with Gasteiger partial charge >= 0.3 is 7.12 Å². The van der Waals surface area contributed by atoms with Gasteiger partial charge in [0.25, 0.3) is 0 Å². The molecule has 0 aliphatic carbocycles. The molecule has 1 aromatic rings. The lowest BCUT2D eigenvalue weighted by molar-refractivity contribution is 0.00578. The first-order valence-corrected chi connectivity index (χ1v) is 8.57. The summed E-state index contributed by atoms with van der Waals surface area (Å²) in [5.41, 5.74) is 0.373. The van der Waals surface area contributed by atoms with Crippen LogP contribution < -0.4 is 10.4 Å². The van der Waals surface area contributed by atoms with E-state index < -0.39 is 0 Å². The fourth-order valence-corrected chi connectivity index (χ4v) is 3.76. The highest BCUT2D eigenvalue weighted by atomic mass is 16.7. The SMILES string of the molecule is CN1CCC2C1CN2c1ccc(B2OC(C)(C)C(C)(C)O2)cn1. The number of likely N-dealkylation sites (N-methyl/N-ethyl adjacent to an activating group) is 1. The minimum absolute atomic E-state index is 0.310. The van der Waals surface area contributed by atoms with Gasteiger partial charge in [0.05, 0.1) is 11.2 Å². The van der Waals surface area contributed by atoms with Crippen molar-refractivity contribution in [2.45, 2.75) is 57.4 Å². The van der Waals surface area contributed by atoms with Crippen LogP contribution in [0.3, 0.4) is 0 Å². The maximum Gasteiger partial charge on any atom is 0.496 e. The van der Waals surface area contributed by atoms with Crippen LogP contribution in [0.25, 0.3) is 0 Å². The molecule has 124 valence electrons. The Morgan fingerprint density at radius 3 is 2.39 bits per heavy atom. The molecule has 23 heavy (non-hydrogen) atoms. The lowest BCUT2D eigenvalue weighted by atomic mass is 9.80. The highest BCUT2D eigenvalue weighted by Gasteiger charge is 2.52. The molecule has 5 nitrogen and oxygen atoms in total. The molecule has 2 unspecified atom stereocenters. The first-order valence-electron chi connectivity index (χ1n) is 8.57. The standard InChI is InChI=1S/C17H26BN3O2/c1-16(2)17(3,4)23-18(22-16)12-6-7-15(19-10-12)21-11-14-13(21)8-9-20(14)5/h6-7,10,13-14H,8-9,11H2,1-5H3. The monoisotopic (exact) mass is 315 g/mol. The molecule has 3 aliphatic rings. The van der Waals surface area contributed by atoms with E-state index in [0.29, 0.717) is 12.1 Å². The summed E-state index contributed by atoms with van der Waals surface area (Å²) in [5, 5.41) is 0. The molecular weight excluding hydrogens is 289 g/mol. The summed E-state index contributed by atoms with van der Waals surface area (Å²) in [5.74, 6) is 1.07. The molecular formula is C17H26BN3O2. The summed E-state index contributed by atoms with van der Waals surface area (Å²) in [7, 11) is 1.89. The molecule has 2 atom stereocenters. The molecule has 0 spiro atoms. The zero-order valence-corrected chi connectivity index (χ0v) is 14.7. The van der Waals surface area contributed by atoms with Crippen LogP contribution in [0.5, 0.6) is 0 Å². The van der Waals surface area contributed by atoms with Gasteiger partial charge in [0, 0.05) is 36.8 Å². The fourth-order valence-electron chi connectivity index (χ4n) is 3.76. The van der Waals surface area contributed by atoms with Crippen molar-refractivity contribution in [3.8, 4) is 0 Å². The number of aromatic nitrogens is 1. The van der Waals surface area contributed by atoms with E-state index in [4.69, 9.17) is 9.31 Å². The number of hydrogen-bond acceptors (Lipinski definition) is 5. The van der Waals surface area contributed by atoms with E-state index >= 15 is 0 Å². The Hall–Kier alpha value is -1.11. The van der Waals surface area contributed by atoms with Crippen LogP contribution in [0.2, 0.25) is 0 Å². The minimum atomic E-state index is -0.330. The summed E-state index contributed by atoms with van der Waals surface area (Å²) in [6.45, 7) is 10.6. The number of fused-ring (bicyclic) bond motifs is 1. The third kappa shape index (κ3) is 2.30. The van der Waals surface area contributed by atoms with Gasteiger partial charge in [0.2, 0.25) is 0 Å². The Labute approximate surface area is 139 Å². The van der Waals surface area contributed by atoms with Gasteiger partial charge in [-0.15, -0.1) is 0 Å². The molecule has 0 N–H and O–H groups in total. The predicted octanol–water partition coefficient (Wildman–Crippen LogP) is 1.27. The summed E-state index contributed by atoms with van der Waals surface area (Å²) < 4.78 is 12.2. The summed E-state index contributed by atoms with van der Waals surface area (Å²) in [6, 6.07) is 5.54. The van der Waals surface area contributed by atoms with E-state index in [-0.39, 0.29) is 18.3 Å². The second-order valence-corrected chi connectivity index (χ2v) is 8.09. The Morgan fingerprint density at radius 1 is 1.13 bits per heavy atom. The second-order valence-electron chi connectivity index (χ2n) is 8.09. The average Bonchev–Trinajstić information content (AvgIpc) is 2.84. The van der Waals surface area contributed by atoms with Crippen molar-refractivity contribution in [3.63, 3.8) is 0 Å². The zero-order valence-electron chi connectivity index (χ0n) is 14.7. The molecule has 4 rings (SSSR count). The maximum absolute atomic E-state index is 6.09. The molecule has 6 heteroatoms. The largest absolute Gasteiger partial charge is 0.496 e. The van der Waals surface area contributed by atoms with Crippen LogP contribution in [0.1, 0.15) is 34.1 Å². The van der Waals surface area contributed by atoms with Crippen LogP contribution in [0.4, 0.5) is 5.82 Å². The molecule has 3 aliphatic heterocycles. The summed E-state index contributed by atoms with van der Waals surface area (Å²) >= 11 is 0. The third-order valence-corrected chi connectivity index (χ3v) is 6.16. The fraction of sp³-hybridized carbons (Fsp3) is 0.706. The van der Waals surface area contributed by atoms with E-state index in [2.05, 4.69) is 61.7 Å². The summed E-state index contributed by atoms with van der Waals surface area (Å²) in [6.07, 6.45) is 3.14. The van der Waals surface area contributed by atoms with Gasteiger partial charge in [-0.25, -0.2) is 4.98 Å². The van der Waals surface area contributed by atoms with Crippen molar-refractivity contribution in [1.29, 1.82) is 0 Å². The van der Waals surface area contributed by atoms with E-state index in [0.717, 1.165) is 17.8 Å². The van der Waals surface area contributed by atoms with Crippen LogP contribution >= 0.6 is 0 Å². The van der Waals surface area contributed by atoms with Crippen molar-refractivity contribution in [1.82, 2.24) is 9.88 Å². The van der Waals surface area contributed by atoms with Crippen molar-refractivity contribution in [2.75, 3.05) is 25.0 Å². The van der Waals surface area contributed by atoms with Gasteiger partial charge in [0.1, 0.15) is 5.82 Å². The minimum Gasteiger partial charge on any atom is -0.399 e. The van der Waals surface area contributed by atoms with Crippen LogP contribution in [0.15, 0.2) is 18.3 Å². The van der Waals surface area contributed by atoms with Gasteiger partial charge in [-0.1, -0.05) is 6.07 Å². The number of pyridine rings is 1. The molecule has 3 fully saturated rings.